The number of ketones is 1. The number of carbonyl (C=O) groups is 1. The van der Waals surface area contributed by atoms with Crippen molar-refractivity contribution >= 4 is 16.6 Å². The number of methoxy groups -OCH3 is 1. The van der Waals surface area contributed by atoms with Gasteiger partial charge in [-0.1, -0.05) is 42.5 Å². The van der Waals surface area contributed by atoms with Crippen molar-refractivity contribution in [1.82, 2.24) is 4.90 Å². The number of phenols is 1. The van der Waals surface area contributed by atoms with Crippen LogP contribution in [-0.4, -0.2) is 48.1 Å². The molecule has 1 N–H and O–H groups in total. The third kappa shape index (κ3) is 2.96. The molecule has 3 aliphatic rings. The molecule has 6 rings (SSSR count). The van der Waals surface area contributed by atoms with Gasteiger partial charge < -0.3 is 19.5 Å². The van der Waals surface area contributed by atoms with Gasteiger partial charge in [-0.25, -0.2) is 0 Å². The van der Waals surface area contributed by atoms with Crippen molar-refractivity contribution in [2.75, 3.05) is 20.7 Å². The maximum atomic E-state index is 13.0. The molecule has 1 aliphatic heterocycles. The Kier molecular flexibility index (Phi) is 4.98. The van der Waals surface area contributed by atoms with Gasteiger partial charge in [0.25, 0.3) is 0 Å². The summed E-state index contributed by atoms with van der Waals surface area (Å²) in [4.78, 5) is 15.4. The summed E-state index contributed by atoms with van der Waals surface area (Å²) in [5.41, 5.74) is 2.01. The van der Waals surface area contributed by atoms with Crippen LogP contribution in [-0.2, 0) is 28.0 Å². The van der Waals surface area contributed by atoms with E-state index >= 15 is 0 Å². The number of hydrogen-bond donors (Lipinski definition) is 1. The molecular formula is C29H31NO4. The van der Waals surface area contributed by atoms with Crippen LogP contribution in [0, 0.1) is 0 Å². The quantitative estimate of drug-likeness (QED) is 0.612. The second kappa shape index (κ2) is 7.82. The molecule has 3 aromatic rings. The van der Waals surface area contributed by atoms with Gasteiger partial charge in [-0.05, 0) is 66.9 Å². The Balaban J connectivity index is 1.47. The summed E-state index contributed by atoms with van der Waals surface area (Å²) in [5, 5.41) is 13.8. The van der Waals surface area contributed by atoms with Crippen LogP contribution in [0.4, 0.5) is 0 Å². The fraction of sp³-hybridized carbons (Fsp3) is 0.414. The van der Waals surface area contributed by atoms with E-state index in [1.54, 1.807) is 7.11 Å². The highest BCUT2D eigenvalue weighted by Crippen LogP contribution is 2.62. The maximum absolute atomic E-state index is 13.0. The molecule has 1 saturated heterocycles. The molecule has 0 aromatic heterocycles. The largest absolute Gasteiger partial charge is 0.504 e. The molecule has 3 atom stereocenters. The summed E-state index contributed by atoms with van der Waals surface area (Å²) < 4.78 is 12.5. The van der Waals surface area contributed by atoms with E-state index in [4.69, 9.17) is 9.47 Å². The van der Waals surface area contributed by atoms with Crippen molar-refractivity contribution in [2.45, 2.75) is 55.8 Å². The molecule has 3 aromatic carbocycles. The Hall–Kier alpha value is -2.89. The fourth-order valence-electron chi connectivity index (χ4n) is 7.09. The van der Waals surface area contributed by atoms with Crippen molar-refractivity contribution < 1.29 is 19.4 Å². The third-order valence-electron chi connectivity index (χ3n) is 8.70. The normalized spacial score (nSPS) is 28.4. The number of hydrogen-bond acceptors (Lipinski definition) is 5. The molecule has 5 heteroatoms. The van der Waals surface area contributed by atoms with Gasteiger partial charge in [0.1, 0.15) is 5.78 Å². The van der Waals surface area contributed by atoms with E-state index in [0.717, 1.165) is 36.1 Å². The number of benzene rings is 3. The Labute approximate surface area is 200 Å². The molecule has 0 radical (unpaired) electrons. The van der Waals surface area contributed by atoms with Crippen LogP contribution in [0.15, 0.2) is 54.6 Å². The first kappa shape index (κ1) is 21.6. The van der Waals surface area contributed by atoms with E-state index in [0.29, 0.717) is 31.6 Å². The number of Topliss-reactive ketones (excluding diaryl/α,β-unsaturated/α-hetero) is 1. The number of piperidine rings is 1. The molecule has 176 valence electrons. The van der Waals surface area contributed by atoms with E-state index in [9.17, 15) is 9.90 Å². The lowest BCUT2D eigenvalue weighted by molar-refractivity contribution is -0.202. The summed E-state index contributed by atoms with van der Waals surface area (Å²) in [6.07, 6.45) is 3.16. The number of carbonyl (C=O) groups excluding carboxylic acids is 1. The number of ether oxygens (including phenoxy) is 2. The minimum Gasteiger partial charge on any atom is -0.504 e. The zero-order valence-corrected chi connectivity index (χ0v) is 19.8. The monoisotopic (exact) mass is 457 g/mol. The SMILES string of the molecule is COc1ccc2c(c1O)[C@]13CCN(C)C(C2)[C@]1(OCc1ccc2ccccc2c1)CCC(=O)C3. The van der Waals surface area contributed by atoms with Crippen LogP contribution in [0.5, 0.6) is 11.5 Å². The predicted molar refractivity (Wildman–Crippen MR) is 131 cm³/mol. The Bertz CT molecular complexity index is 1290. The lowest BCUT2D eigenvalue weighted by Crippen LogP contribution is -2.73. The molecule has 5 nitrogen and oxygen atoms in total. The minimum atomic E-state index is -0.553. The Morgan fingerprint density at radius 2 is 1.91 bits per heavy atom. The number of fused-ring (bicyclic) bond motifs is 2. The van der Waals surface area contributed by atoms with Crippen molar-refractivity contribution in [2.24, 2.45) is 0 Å². The van der Waals surface area contributed by atoms with Gasteiger partial charge in [-0.3, -0.25) is 4.79 Å². The molecule has 34 heavy (non-hydrogen) atoms. The molecule has 2 aliphatic carbocycles. The van der Waals surface area contributed by atoms with Crippen molar-refractivity contribution in [1.29, 1.82) is 0 Å². The number of likely N-dealkylation sites (N-methyl/N-ethyl adjacent to an activating group) is 1. The number of rotatable bonds is 4. The molecule has 0 spiro atoms. The molecule has 1 heterocycles. The zero-order chi connectivity index (χ0) is 23.5. The summed E-state index contributed by atoms with van der Waals surface area (Å²) >= 11 is 0. The smallest absolute Gasteiger partial charge is 0.161 e. The van der Waals surface area contributed by atoms with Gasteiger partial charge in [-0.2, -0.15) is 0 Å². The van der Waals surface area contributed by atoms with Crippen LogP contribution in [0.25, 0.3) is 10.8 Å². The first-order valence-corrected chi connectivity index (χ1v) is 12.2. The molecule has 2 fully saturated rings. The number of nitrogens with zero attached hydrogens (tertiary/aromatic N) is 1. The van der Waals surface area contributed by atoms with E-state index < -0.39 is 11.0 Å². The lowest BCUT2D eigenvalue weighted by atomic mass is 9.49. The van der Waals surface area contributed by atoms with Gasteiger partial charge in [0, 0.05) is 29.9 Å². The first-order valence-electron chi connectivity index (χ1n) is 12.2. The minimum absolute atomic E-state index is 0.148. The second-order valence-corrected chi connectivity index (χ2v) is 10.3. The van der Waals surface area contributed by atoms with Crippen molar-refractivity contribution in [3.05, 3.63) is 71.3 Å². The third-order valence-corrected chi connectivity index (χ3v) is 8.70. The van der Waals surface area contributed by atoms with E-state index in [-0.39, 0.29) is 17.6 Å². The highest BCUT2D eigenvalue weighted by atomic mass is 16.5. The van der Waals surface area contributed by atoms with Gasteiger partial charge in [0.15, 0.2) is 11.5 Å². The van der Waals surface area contributed by atoms with Crippen LogP contribution in [0.2, 0.25) is 0 Å². The predicted octanol–water partition coefficient (Wildman–Crippen LogP) is 4.76. The van der Waals surface area contributed by atoms with Gasteiger partial charge in [0.2, 0.25) is 0 Å². The van der Waals surface area contributed by atoms with E-state index in [2.05, 4.69) is 60.5 Å². The van der Waals surface area contributed by atoms with E-state index in [1.165, 1.54) is 10.8 Å². The fourth-order valence-corrected chi connectivity index (χ4v) is 7.09. The van der Waals surface area contributed by atoms with Crippen LogP contribution in [0.1, 0.15) is 42.4 Å². The topological polar surface area (TPSA) is 59.0 Å². The van der Waals surface area contributed by atoms with Crippen LogP contribution in [0.3, 0.4) is 0 Å². The van der Waals surface area contributed by atoms with Gasteiger partial charge in [0.05, 0.1) is 19.3 Å². The molecule has 2 bridgehead atoms. The van der Waals surface area contributed by atoms with Gasteiger partial charge >= 0.3 is 0 Å². The van der Waals surface area contributed by atoms with E-state index in [1.807, 2.05) is 6.07 Å². The second-order valence-electron chi connectivity index (χ2n) is 10.3. The number of likely N-dealkylation sites (tertiary alicyclic amines) is 1. The average molecular weight is 458 g/mol. The summed E-state index contributed by atoms with van der Waals surface area (Å²) in [6, 6.07) is 18.9. The van der Waals surface area contributed by atoms with Gasteiger partial charge in [-0.15, -0.1) is 0 Å². The Morgan fingerprint density at radius 1 is 1.09 bits per heavy atom. The first-order chi connectivity index (χ1) is 16.5. The highest BCUT2D eigenvalue weighted by Gasteiger charge is 2.66. The highest BCUT2D eigenvalue weighted by molar-refractivity contribution is 5.84. The molecule has 0 amide bonds. The van der Waals surface area contributed by atoms with Crippen LogP contribution < -0.4 is 4.74 Å². The maximum Gasteiger partial charge on any atom is 0.161 e. The molecule has 1 unspecified atom stereocenters. The average Bonchev–Trinajstić information content (AvgIpc) is 2.85. The standard InChI is InChI=1S/C29H31NO4/c1-30-14-13-28-17-23(31)11-12-29(28,25(30)16-22-9-10-24(33-2)27(32)26(22)28)34-18-19-7-8-20-5-3-4-6-21(20)15-19/h3-10,15,25,32H,11-14,16-18H2,1-2H3/t25?,28-,29-/m1/s1. The zero-order valence-electron chi connectivity index (χ0n) is 19.8. The lowest BCUT2D eigenvalue weighted by Gasteiger charge is -2.64. The van der Waals surface area contributed by atoms with Crippen LogP contribution >= 0.6 is 0 Å². The summed E-state index contributed by atoms with van der Waals surface area (Å²) in [5.74, 6) is 0.895. The molecule has 1 saturated carbocycles. The van der Waals surface area contributed by atoms with Crippen molar-refractivity contribution in [3.8, 4) is 11.5 Å². The number of aromatic hydroxyl groups is 1. The summed E-state index contributed by atoms with van der Waals surface area (Å²) in [7, 11) is 3.75. The summed E-state index contributed by atoms with van der Waals surface area (Å²) in [6.45, 7) is 1.35. The van der Waals surface area contributed by atoms with Crippen molar-refractivity contribution in [3.63, 3.8) is 0 Å². The number of phenolic OH excluding ortho intramolecular Hbond substituents is 1. The Morgan fingerprint density at radius 3 is 2.74 bits per heavy atom. The molecular weight excluding hydrogens is 426 g/mol.